The Hall–Kier alpha value is -0.653. The standard InChI is InChI=1S/C10H20O4Si/c1-5-14-15(4,12)8-6-7-13-10(11)9(2)3/h12H,2,5-8H2,1,3-4H3. The molecule has 0 rings (SSSR count). The van der Waals surface area contributed by atoms with Crippen LogP contribution in [0.1, 0.15) is 20.3 Å². The van der Waals surface area contributed by atoms with Crippen LogP contribution in [0.25, 0.3) is 0 Å². The molecular formula is C10H20O4Si. The van der Waals surface area contributed by atoms with E-state index in [1.165, 1.54) is 0 Å². The molecule has 88 valence electrons. The van der Waals surface area contributed by atoms with Crippen LogP contribution in [0, 0.1) is 0 Å². The minimum Gasteiger partial charge on any atom is -0.462 e. The summed E-state index contributed by atoms with van der Waals surface area (Å²) in [4.78, 5) is 20.7. The number of esters is 1. The molecule has 4 nitrogen and oxygen atoms in total. The number of ether oxygens (including phenoxy) is 1. The van der Waals surface area contributed by atoms with Crippen molar-refractivity contribution in [2.24, 2.45) is 0 Å². The number of hydrogen-bond donors (Lipinski definition) is 1. The molecule has 0 aromatic carbocycles. The van der Waals surface area contributed by atoms with Crippen molar-refractivity contribution < 1.29 is 18.8 Å². The van der Waals surface area contributed by atoms with E-state index in [-0.39, 0.29) is 5.97 Å². The second-order valence-corrected chi connectivity index (χ2v) is 6.77. The molecule has 15 heavy (non-hydrogen) atoms. The van der Waals surface area contributed by atoms with Gasteiger partial charge in [-0.25, -0.2) is 4.79 Å². The lowest BCUT2D eigenvalue weighted by Gasteiger charge is -2.18. The predicted octanol–water partition coefficient (Wildman–Crippen LogP) is 1.60. The Morgan fingerprint density at radius 2 is 2.13 bits per heavy atom. The first-order valence-corrected chi connectivity index (χ1v) is 7.64. The van der Waals surface area contributed by atoms with Gasteiger partial charge in [0.05, 0.1) is 6.61 Å². The van der Waals surface area contributed by atoms with Crippen molar-refractivity contribution in [3.63, 3.8) is 0 Å². The van der Waals surface area contributed by atoms with Gasteiger partial charge in [0.1, 0.15) is 0 Å². The average molecular weight is 232 g/mol. The van der Waals surface area contributed by atoms with E-state index in [4.69, 9.17) is 9.16 Å². The number of rotatable bonds is 7. The molecule has 0 fully saturated rings. The van der Waals surface area contributed by atoms with Crippen LogP contribution in [0.2, 0.25) is 12.6 Å². The molecule has 0 aromatic heterocycles. The molecule has 0 saturated heterocycles. The minimum atomic E-state index is -2.52. The highest BCUT2D eigenvalue weighted by molar-refractivity contribution is 6.64. The zero-order valence-electron chi connectivity index (χ0n) is 9.71. The third-order valence-electron chi connectivity index (χ3n) is 1.82. The highest BCUT2D eigenvalue weighted by Gasteiger charge is 2.25. The van der Waals surface area contributed by atoms with Gasteiger partial charge in [-0.15, -0.1) is 0 Å². The molecule has 5 heteroatoms. The first-order chi connectivity index (χ1) is 6.89. The van der Waals surface area contributed by atoms with Crippen LogP contribution >= 0.6 is 0 Å². The van der Waals surface area contributed by atoms with Gasteiger partial charge in [0.2, 0.25) is 0 Å². The molecule has 0 radical (unpaired) electrons. The molecule has 0 aromatic rings. The van der Waals surface area contributed by atoms with Gasteiger partial charge in [0.25, 0.3) is 0 Å². The Morgan fingerprint density at radius 1 is 1.53 bits per heavy atom. The summed E-state index contributed by atoms with van der Waals surface area (Å²) in [6.07, 6.45) is 0.623. The van der Waals surface area contributed by atoms with E-state index >= 15 is 0 Å². The normalized spacial score (nSPS) is 14.4. The maximum atomic E-state index is 11.0. The maximum Gasteiger partial charge on any atom is 0.333 e. The van der Waals surface area contributed by atoms with Crippen LogP contribution in [0.4, 0.5) is 0 Å². The Balaban J connectivity index is 3.62. The summed E-state index contributed by atoms with van der Waals surface area (Å²) in [5.74, 6) is -0.382. The smallest absolute Gasteiger partial charge is 0.333 e. The molecule has 0 aliphatic carbocycles. The van der Waals surface area contributed by atoms with E-state index in [1.54, 1.807) is 13.5 Å². The van der Waals surface area contributed by atoms with Gasteiger partial charge < -0.3 is 14.0 Å². The summed E-state index contributed by atoms with van der Waals surface area (Å²) in [5.41, 5.74) is 0.392. The van der Waals surface area contributed by atoms with E-state index in [0.717, 1.165) is 0 Å². The van der Waals surface area contributed by atoms with Crippen LogP contribution in [-0.4, -0.2) is 32.5 Å². The molecule has 1 unspecified atom stereocenters. The van der Waals surface area contributed by atoms with Crippen LogP contribution in [0.15, 0.2) is 12.2 Å². The van der Waals surface area contributed by atoms with Gasteiger partial charge in [-0.1, -0.05) is 6.58 Å². The molecule has 1 N–H and O–H groups in total. The van der Waals surface area contributed by atoms with Gasteiger partial charge in [0.15, 0.2) is 0 Å². The molecule has 0 spiro atoms. The lowest BCUT2D eigenvalue weighted by Crippen LogP contribution is -2.34. The minimum absolute atomic E-state index is 0.307. The summed E-state index contributed by atoms with van der Waals surface area (Å²) >= 11 is 0. The van der Waals surface area contributed by atoms with Gasteiger partial charge >= 0.3 is 14.5 Å². The molecular weight excluding hydrogens is 212 g/mol. The monoisotopic (exact) mass is 232 g/mol. The van der Waals surface area contributed by atoms with Gasteiger partial charge in [0, 0.05) is 12.2 Å². The maximum absolute atomic E-state index is 11.0. The van der Waals surface area contributed by atoms with Gasteiger partial charge in [-0.2, -0.15) is 0 Å². The zero-order valence-corrected chi connectivity index (χ0v) is 10.7. The summed E-state index contributed by atoms with van der Waals surface area (Å²) < 4.78 is 10.1. The number of carbonyl (C=O) groups excluding carboxylic acids is 1. The van der Waals surface area contributed by atoms with Crippen molar-refractivity contribution in [2.45, 2.75) is 32.9 Å². The Bertz CT molecular complexity index is 225. The fraction of sp³-hybridized carbons (Fsp3) is 0.700. The summed E-state index contributed by atoms with van der Waals surface area (Å²) in [7, 11) is -2.52. The first kappa shape index (κ1) is 14.3. The lowest BCUT2D eigenvalue weighted by atomic mass is 10.4. The molecule has 0 aliphatic rings. The van der Waals surface area contributed by atoms with Crippen molar-refractivity contribution >= 4 is 14.5 Å². The molecule has 0 bridgehead atoms. The third-order valence-corrected chi connectivity index (χ3v) is 4.01. The van der Waals surface area contributed by atoms with Crippen molar-refractivity contribution in [1.82, 2.24) is 0 Å². The van der Waals surface area contributed by atoms with E-state index in [1.807, 2.05) is 6.92 Å². The summed E-state index contributed by atoms with van der Waals surface area (Å²) in [6, 6.07) is 0.574. The molecule has 0 heterocycles. The fourth-order valence-corrected chi connectivity index (χ4v) is 2.64. The number of hydrogen-bond acceptors (Lipinski definition) is 4. The quantitative estimate of drug-likeness (QED) is 0.313. The third kappa shape index (κ3) is 7.30. The lowest BCUT2D eigenvalue weighted by molar-refractivity contribution is -0.138. The zero-order chi connectivity index (χ0) is 11.9. The average Bonchev–Trinajstić information content (AvgIpc) is 2.11. The van der Waals surface area contributed by atoms with E-state index in [2.05, 4.69) is 6.58 Å². The van der Waals surface area contributed by atoms with E-state index in [9.17, 15) is 9.59 Å². The number of carbonyl (C=O) groups is 1. The molecule has 0 aliphatic heterocycles. The largest absolute Gasteiger partial charge is 0.462 e. The van der Waals surface area contributed by atoms with Crippen molar-refractivity contribution in [3.8, 4) is 0 Å². The van der Waals surface area contributed by atoms with Gasteiger partial charge in [-0.3, -0.25) is 0 Å². The van der Waals surface area contributed by atoms with Crippen LogP contribution in [0.5, 0.6) is 0 Å². The van der Waals surface area contributed by atoms with E-state index < -0.39 is 8.56 Å². The molecule has 0 amide bonds. The Kier molecular flexibility index (Phi) is 6.47. The topological polar surface area (TPSA) is 55.8 Å². The first-order valence-electron chi connectivity index (χ1n) is 5.08. The van der Waals surface area contributed by atoms with Crippen molar-refractivity contribution in [2.75, 3.05) is 13.2 Å². The Labute approximate surface area is 92.1 Å². The second-order valence-electron chi connectivity index (χ2n) is 3.63. The SMILES string of the molecule is C=C(C)C(=O)OCCC[Si](C)(O)OCC. The van der Waals surface area contributed by atoms with Crippen molar-refractivity contribution in [1.29, 1.82) is 0 Å². The fourth-order valence-electron chi connectivity index (χ4n) is 1.07. The second kappa shape index (κ2) is 6.76. The van der Waals surface area contributed by atoms with Crippen LogP contribution in [0.3, 0.4) is 0 Å². The summed E-state index contributed by atoms with van der Waals surface area (Å²) in [5, 5.41) is 0. The molecule has 0 saturated carbocycles. The Morgan fingerprint density at radius 3 is 2.60 bits per heavy atom. The van der Waals surface area contributed by atoms with Gasteiger partial charge in [-0.05, 0) is 32.9 Å². The summed E-state index contributed by atoms with van der Waals surface area (Å²) in [6.45, 7) is 9.49. The highest BCUT2D eigenvalue weighted by Crippen LogP contribution is 2.10. The predicted molar refractivity (Wildman–Crippen MR) is 60.7 cm³/mol. The van der Waals surface area contributed by atoms with Crippen molar-refractivity contribution in [3.05, 3.63) is 12.2 Å². The van der Waals surface area contributed by atoms with E-state index in [0.29, 0.717) is 31.3 Å². The van der Waals surface area contributed by atoms with Crippen LogP contribution < -0.4 is 0 Å². The molecule has 1 atom stereocenters. The van der Waals surface area contributed by atoms with Crippen LogP contribution in [-0.2, 0) is 14.0 Å². The highest BCUT2D eigenvalue weighted by atomic mass is 28.4.